The lowest BCUT2D eigenvalue weighted by Crippen LogP contribution is -2.53. The minimum Gasteiger partial charge on any atom is -0.488 e. The molecule has 3 rings (SSSR count). The number of ketones is 1. The lowest BCUT2D eigenvalue weighted by molar-refractivity contribution is -0.0293. The molecule has 0 N–H and O–H groups in total. The summed E-state index contributed by atoms with van der Waals surface area (Å²) in [4.78, 5) is 15.3. The Hall–Kier alpha value is -1.39. The number of piperidine rings is 1. The SMILES string of the molecule is CC(=O)c1ccc(OC(C)(C)CCOC(C)(C)C)cc1C1(C)CCN(CC2CC2)[C@H](C)[C@@H]1C. The first-order valence-corrected chi connectivity index (χ1v) is 12.9. The van der Waals surface area contributed by atoms with E-state index in [9.17, 15) is 4.79 Å². The Labute approximate surface area is 202 Å². The van der Waals surface area contributed by atoms with Crippen molar-refractivity contribution in [2.24, 2.45) is 11.8 Å². The van der Waals surface area contributed by atoms with Gasteiger partial charge in [0, 0.05) is 24.6 Å². The molecule has 1 unspecified atom stereocenters. The standard InChI is InChI=1S/C29H47NO3/c1-20-21(2)30(19-23-10-11-23)16-14-29(20,9)26-18-24(12-13-25(26)22(3)31)33-28(7,8)15-17-32-27(4,5)6/h12-13,18,20-21,23H,10-11,14-17,19H2,1-9H3/t20-,21+,29?/m0/s1. The topological polar surface area (TPSA) is 38.8 Å². The molecule has 3 atom stereocenters. The van der Waals surface area contributed by atoms with E-state index in [1.807, 2.05) is 12.1 Å². The zero-order valence-corrected chi connectivity index (χ0v) is 22.6. The number of hydrogen-bond acceptors (Lipinski definition) is 4. The molecule has 1 heterocycles. The maximum atomic E-state index is 12.6. The van der Waals surface area contributed by atoms with E-state index in [4.69, 9.17) is 9.47 Å². The minimum absolute atomic E-state index is 0.0562. The zero-order valence-electron chi connectivity index (χ0n) is 22.6. The van der Waals surface area contributed by atoms with Gasteiger partial charge in [-0.3, -0.25) is 4.79 Å². The van der Waals surface area contributed by atoms with Gasteiger partial charge in [0.1, 0.15) is 11.4 Å². The van der Waals surface area contributed by atoms with Crippen LogP contribution in [0.2, 0.25) is 0 Å². The molecule has 0 spiro atoms. The fraction of sp³-hybridized carbons (Fsp3) is 0.759. The number of carbonyl (C=O) groups excluding carboxylic acids is 1. The van der Waals surface area contributed by atoms with Crippen molar-refractivity contribution in [3.05, 3.63) is 29.3 Å². The summed E-state index contributed by atoms with van der Waals surface area (Å²) in [7, 11) is 0. The van der Waals surface area contributed by atoms with Gasteiger partial charge in [-0.25, -0.2) is 0 Å². The summed E-state index contributed by atoms with van der Waals surface area (Å²) in [5.41, 5.74) is 1.43. The van der Waals surface area contributed by atoms with E-state index in [1.54, 1.807) is 6.92 Å². The van der Waals surface area contributed by atoms with Crippen LogP contribution in [0, 0.1) is 11.8 Å². The number of carbonyl (C=O) groups is 1. The fourth-order valence-corrected chi connectivity index (χ4v) is 5.26. The fourth-order valence-electron chi connectivity index (χ4n) is 5.26. The Bertz CT molecular complexity index is 836. The number of benzene rings is 1. The second-order valence-corrected chi connectivity index (χ2v) is 12.5. The highest BCUT2D eigenvalue weighted by molar-refractivity contribution is 5.96. The summed E-state index contributed by atoms with van der Waals surface area (Å²) in [5.74, 6) is 2.33. The number of ether oxygens (including phenoxy) is 2. The highest BCUT2D eigenvalue weighted by Gasteiger charge is 2.44. The van der Waals surface area contributed by atoms with Gasteiger partial charge in [-0.15, -0.1) is 0 Å². The number of rotatable bonds is 9. The number of hydrogen-bond donors (Lipinski definition) is 0. The van der Waals surface area contributed by atoms with Gasteiger partial charge in [-0.05, 0) is 115 Å². The third-order valence-corrected chi connectivity index (χ3v) is 8.03. The van der Waals surface area contributed by atoms with E-state index < -0.39 is 0 Å². The van der Waals surface area contributed by atoms with Crippen molar-refractivity contribution >= 4 is 5.78 Å². The van der Waals surface area contributed by atoms with Crippen LogP contribution in [0.15, 0.2) is 18.2 Å². The van der Waals surface area contributed by atoms with Crippen LogP contribution in [0.25, 0.3) is 0 Å². The van der Waals surface area contributed by atoms with Crippen molar-refractivity contribution in [2.75, 3.05) is 19.7 Å². The van der Waals surface area contributed by atoms with Crippen LogP contribution in [0.1, 0.15) is 104 Å². The molecule has 186 valence electrons. The first-order valence-electron chi connectivity index (χ1n) is 12.9. The van der Waals surface area contributed by atoms with Crippen LogP contribution in [0.3, 0.4) is 0 Å². The Morgan fingerprint density at radius 3 is 2.39 bits per heavy atom. The predicted molar refractivity (Wildman–Crippen MR) is 136 cm³/mol. The zero-order chi connectivity index (χ0) is 24.6. The van der Waals surface area contributed by atoms with Crippen LogP contribution >= 0.6 is 0 Å². The highest BCUT2D eigenvalue weighted by atomic mass is 16.5. The molecular formula is C29H47NO3. The largest absolute Gasteiger partial charge is 0.488 e. The average Bonchev–Trinajstić information content (AvgIpc) is 3.51. The molecule has 4 nitrogen and oxygen atoms in total. The minimum atomic E-state index is -0.353. The maximum Gasteiger partial charge on any atom is 0.160 e. The summed E-state index contributed by atoms with van der Waals surface area (Å²) < 4.78 is 12.4. The number of nitrogens with zero attached hydrogens (tertiary/aromatic N) is 1. The summed E-state index contributed by atoms with van der Waals surface area (Å²) >= 11 is 0. The van der Waals surface area contributed by atoms with Gasteiger partial charge in [0.2, 0.25) is 0 Å². The molecule has 2 aliphatic rings. The molecular weight excluding hydrogens is 410 g/mol. The van der Waals surface area contributed by atoms with Gasteiger partial charge in [0.15, 0.2) is 5.78 Å². The van der Waals surface area contributed by atoms with Crippen LogP contribution in [0.4, 0.5) is 0 Å². The van der Waals surface area contributed by atoms with Gasteiger partial charge in [-0.1, -0.05) is 13.8 Å². The monoisotopic (exact) mass is 457 g/mol. The van der Waals surface area contributed by atoms with Gasteiger partial charge in [-0.2, -0.15) is 0 Å². The Kier molecular flexibility index (Phi) is 7.70. The molecule has 0 bridgehead atoms. The van der Waals surface area contributed by atoms with Gasteiger partial charge >= 0.3 is 0 Å². The molecule has 0 aromatic heterocycles. The van der Waals surface area contributed by atoms with E-state index in [1.165, 1.54) is 19.4 Å². The number of likely N-dealkylation sites (tertiary alicyclic amines) is 1. The molecule has 1 aromatic carbocycles. The summed E-state index contributed by atoms with van der Waals surface area (Å²) in [6.07, 6.45) is 4.64. The number of Topliss-reactive ketones (excluding diaryl/α,β-unsaturated/α-hetero) is 1. The first kappa shape index (κ1) is 26.2. The lowest BCUT2D eigenvalue weighted by Gasteiger charge is -2.50. The molecule has 1 aliphatic carbocycles. The first-order chi connectivity index (χ1) is 15.2. The van der Waals surface area contributed by atoms with Crippen LogP contribution in [0.5, 0.6) is 5.75 Å². The smallest absolute Gasteiger partial charge is 0.160 e. The second kappa shape index (κ2) is 9.70. The third kappa shape index (κ3) is 6.60. The summed E-state index contributed by atoms with van der Waals surface area (Å²) in [6, 6.07) is 6.60. The van der Waals surface area contributed by atoms with Gasteiger partial charge in [0.05, 0.1) is 12.2 Å². The van der Waals surface area contributed by atoms with Crippen molar-refractivity contribution in [3.8, 4) is 5.75 Å². The van der Waals surface area contributed by atoms with Crippen molar-refractivity contribution in [2.45, 2.75) is 111 Å². The highest BCUT2D eigenvalue weighted by Crippen LogP contribution is 2.46. The third-order valence-electron chi connectivity index (χ3n) is 8.03. The maximum absolute atomic E-state index is 12.6. The molecule has 0 amide bonds. The van der Waals surface area contributed by atoms with Crippen LogP contribution in [-0.2, 0) is 10.2 Å². The Balaban J connectivity index is 1.82. The van der Waals surface area contributed by atoms with E-state index >= 15 is 0 Å². The summed E-state index contributed by atoms with van der Waals surface area (Å²) in [5, 5.41) is 0. The van der Waals surface area contributed by atoms with Crippen molar-refractivity contribution in [3.63, 3.8) is 0 Å². The van der Waals surface area contributed by atoms with Gasteiger partial charge < -0.3 is 14.4 Å². The molecule has 0 radical (unpaired) electrons. The normalized spacial score (nSPS) is 26.9. The van der Waals surface area contributed by atoms with Crippen molar-refractivity contribution < 1.29 is 14.3 Å². The molecule has 1 aromatic rings. The molecule has 1 saturated carbocycles. The van der Waals surface area contributed by atoms with E-state index in [0.717, 1.165) is 42.2 Å². The summed E-state index contributed by atoms with van der Waals surface area (Å²) in [6.45, 7) is 22.2. The van der Waals surface area contributed by atoms with Crippen LogP contribution < -0.4 is 4.74 Å². The van der Waals surface area contributed by atoms with Gasteiger partial charge in [0.25, 0.3) is 0 Å². The molecule has 1 saturated heterocycles. The second-order valence-electron chi connectivity index (χ2n) is 12.5. The lowest BCUT2D eigenvalue weighted by atomic mass is 9.64. The quantitative estimate of drug-likeness (QED) is 0.389. The van der Waals surface area contributed by atoms with E-state index in [0.29, 0.717) is 18.6 Å². The molecule has 1 aliphatic heterocycles. The van der Waals surface area contributed by atoms with Crippen molar-refractivity contribution in [1.82, 2.24) is 4.90 Å². The van der Waals surface area contributed by atoms with Crippen molar-refractivity contribution in [1.29, 1.82) is 0 Å². The van der Waals surface area contributed by atoms with E-state index in [-0.39, 0.29) is 22.4 Å². The average molecular weight is 458 g/mol. The predicted octanol–water partition coefficient (Wildman–Crippen LogP) is 6.65. The molecule has 2 fully saturated rings. The Morgan fingerprint density at radius 1 is 1.15 bits per heavy atom. The molecule has 4 heteroatoms. The Morgan fingerprint density at radius 2 is 1.82 bits per heavy atom. The molecule has 33 heavy (non-hydrogen) atoms. The van der Waals surface area contributed by atoms with E-state index in [2.05, 4.69) is 66.4 Å². The van der Waals surface area contributed by atoms with Crippen LogP contribution in [-0.4, -0.2) is 47.6 Å².